The van der Waals surface area contributed by atoms with Gasteiger partial charge in [-0.25, -0.2) is 4.98 Å². The number of para-hydroxylation sites is 1. The van der Waals surface area contributed by atoms with Crippen LogP contribution in [0, 0.1) is 0 Å². The lowest BCUT2D eigenvalue weighted by Crippen LogP contribution is -2.21. The largest absolute Gasteiger partial charge is 0.497 e. The summed E-state index contributed by atoms with van der Waals surface area (Å²) in [5, 5.41) is 6.59. The van der Waals surface area contributed by atoms with Crippen LogP contribution in [0.15, 0.2) is 69.6 Å². The molecule has 5 rings (SSSR count). The van der Waals surface area contributed by atoms with E-state index in [0.29, 0.717) is 34.3 Å². The van der Waals surface area contributed by atoms with Crippen molar-refractivity contribution in [2.24, 2.45) is 0 Å². The van der Waals surface area contributed by atoms with E-state index in [4.69, 9.17) is 14.0 Å². The van der Waals surface area contributed by atoms with Gasteiger partial charge in [0.05, 0.1) is 31.0 Å². The number of nitrogens with zero attached hydrogens (tertiary/aromatic N) is 4. The van der Waals surface area contributed by atoms with Gasteiger partial charge in [-0.15, -0.1) is 11.3 Å². The zero-order chi connectivity index (χ0) is 22.8. The molecule has 3 heterocycles. The molecule has 9 heteroatoms. The third kappa shape index (κ3) is 3.98. The van der Waals surface area contributed by atoms with E-state index in [1.165, 1.54) is 22.2 Å². The molecule has 0 atom stereocenters. The van der Waals surface area contributed by atoms with Crippen LogP contribution in [0.3, 0.4) is 0 Å². The fourth-order valence-electron chi connectivity index (χ4n) is 3.57. The number of methoxy groups -OCH3 is 1. The van der Waals surface area contributed by atoms with Gasteiger partial charge in [0.15, 0.2) is 0 Å². The molecular formula is C24H20N4O4S. The van der Waals surface area contributed by atoms with E-state index in [-0.39, 0.29) is 12.1 Å². The lowest BCUT2D eigenvalue weighted by Gasteiger charge is -2.06. The van der Waals surface area contributed by atoms with Crippen LogP contribution < -0.4 is 15.0 Å². The van der Waals surface area contributed by atoms with Crippen LogP contribution in [0.4, 0.5) is 0 Å². The van der Waals surface area contributed by atoms with E-state index < -0.39 is 0 Å². The molecule has 8 nitrogen and oxygen atoms in total. The van der Waals surface area contributed by atoms with Crippen molar-refractivity contribution in [2.45, 2.75) is 13.5 Å². The Hall–Kier alpha value is -3.98. The van der Waals surface area contributed by atoms with E-state index >= 15 is 0 Å². The maximum atomic E-state index is 13.3. The van der Waals surface area contributed by atoms with Gasteiger partial charge in [0, 0.05) is 10.9 Å². The van der Waals surface area contributed by atoms with E-state index in [9.17, 15) is 4.79 Å². The summed E-state index contributed by atoms with van der Waals surface area (Å²) in [7, 11) is 1.62. The summed E-state index contributed by atoms with van der Waals surface area (Å²) in [5.74, 6) is 2.15. The Morgan fingerprint density at radius 3 is 2.70 bits per heavy atom. The molecule has 0 saturated heterocycles. The van der Waals surface area contributed by atoms with Gasteiger partial charge >= 0.3 is 0 Å². The van der Waals surface area contributed by atoms with Crippen molar-refractivity contribution in [1.82, 2.24) is 19.7 Å². The van der Waals surface area contributed by atoms with Crippen LogP contribution in [0.2, 0.25) is 0 Å². The number of rotatable bonds is 7. The van der Waals surface area contributed by atoms with Gasteiger partial charge in [-0.05, 0) is 36.8 Å². The smallest absolute Gasteiger partial charge is 0.263 e. The predicted molar refractivity (Wildman–Crippen MR) is 126 cm³/mol. The van der Waals surface area contributed by atoms with Gasteiger partial charge in [0.25, 0.3) is 5.56 Å². The number of ether oxygens (including phenoxy) is 2. The Morgan fingerprint density at radius 1 is 1.09 bits per heavy atom. The van der Waals surface area contributed by atoms with Crippen molar-refractivity contribution in [3.05, 3.63) is 76.5 Å². The highest BCUT2D eigenvalue weighted by molar-refractivity contribution is 7.17. The molecule has 5 aromatic rings. The lowest BCUT2D eigenvalue weighted by molar-refractivity contribution is 0.340. The second-order valence-electron chi connectivity index (χ2n) is 7.18. The molecule has 0 saturated carbocycles. The Bertz CT molecular complexity index is 1470. The number of aromatic nitrogens is 4. The molecule has 0 amide bonds. The molecule has 2 aromatic carbocycles. The normalized spacial score (nSPS) is 11.1. The van der Waals surface area contributed by atoms with Crippen LogP contribution >= 0.6 is 11.3 Å². The fraction of sp³-hybridized carbons (Fsp3) is 0.167. The molecule has 0 radical (unpaired) electrons. The third-order valence-corrected chi connectivity index (χ3v) is 6.05. The molecule has 0 aliphatic rings. The van der Waals surface area contributed by atoms with Crippen LogP contribution in [0.25, 0.3) is 32.7 Å². The standard InChI is InChI=1S/C24H20N4O4S/c1-3-31-19-7-5-4-6-17(19)22-26-20(32-27-22)12-28-14-25-23-21(24(28)29)18(13-33-23)15-8-10-16(30-2)11-9-15/h4-11,13-14H,3,12H2,1-2H3. The SMILES string of the molecule is CCOc1ccccc1-c1noc(Cn2cnc3scc(-c4ccc(OC)cc4)c3c2=O)n1. The first kappa shape index (κ1) is 20.9. The highest BCUT2D eigenvalue weighted by Crippen LogP contribution is 2.32. The minimum absolute atomic E-state index is 0.115. The van der Waals surface area contributed by atoms with Gasteiger partial charge in [-0.1, -0.05) is 29.4 Å². The van der Waals surface area contributed by atoms with E-state index in [2.05, 4.69) is 15.1 Å². The summed E-state index contributed by atoms with van der Waals surface area (Å²) in [6.07, 6.45) is 1.51. The Balaban J connectivity index is 1.48. The summed E-state index contributed by atoms with van der Waals surface area (Å²) in [5.41, 5.74) is 2.32. The van der Waals surface area contributed by atoms with E-state index in [1.54, 1.807) is 7.11 Å². The summed E-state index contributed by atoms with van der Waals surface area (Å²) in [4.78, 5) is 22.9. The second kappa shape index (κ2) is 8.87. The Kier molecular flexibility index (Phi) is 5.62. The fourth-order valence-corrected chi connectivity index (χ4v) is 4.48. The average molecular weight is 461 g/mol. The Labute approximate surface area is 193 Å². The maximum absolute atomic E-state index is 13.3. The number of hydrogen-bond acceptors (Lipinski definition) is 8. The van der Waals surface area contributed by atoms with Crippen molar-refractivity contribution in [2.75, 3.05) is 13.7 Å². The first-order chi connectivity index (χ1) is 16.2. The molecule has 0 bridgehead atoms. The number of hydrogen-bond donors (Lipinski definition) is 0. The van der Waals surface area contributed by atoms with Crippen LogP contribution in [0.5, 0.6) is 11.5 Å². The van der Waals surface area contributed by atoms with Crippen LogP contribution in [-0.4, -0.2) is 33.4 Å². The summed E-state index contributed by atoms with van der Waals surface area (Å²) < 4.78 is 17.8. The minimum atomic E-state index is -0.165. The quantitative estimate of drug-likeness (QED) is 0.350. The van der Waals surface area contributed by atoms with E-state index in [1.807, 2.05) is 60.8 Å². The molecule has 0 aliphatic carbocycles. The third-order valence-electron chi connectivity index (χ3n) is 5.16. The average Bonchev–Trinajstić information content (AvgIpc) is 3.49. The topological polar surface area (TPSA) is 92.3 Å². The summed E-state index contributed by atoms with van der Waals surface area (Å²) >= 11 is 1.43. The van der Waals surface area contributed by atoms with Gasteiger partial charge in [0.1, 0.15) is 22.9 Å². The maximum Gasteiger partial charge on any atom is 0.263 e. The van der Waals surface area contributed by atoms with Crippen molar-refractivity contribution < 1.29 is 14.0 Å². The number of fused-ring (bicyclic) bond motifs is 1. The molecular weight excluding hydrogens is 440 g/mol. The highest BCUT2D eigenvalue weighted by atomic mass is 32.1. The number of benzene rings is 2. The monoisotopic (exact) mass is 460 g/mol. The van der Waals surface area contributed by atoms with Crippen molar-refractivity contribution in [1.29, 1.82) is 0 Å². The zero-order valence-corrected chi connectivity index (χ0v) is 18.8. The summed E-state index contributed by atoms with van der Waals surface area (Å²) in [6, 6.07) is 15.1. The molecule has 0 unspecified atom stereocenters. The van der Waals surface area contributed by atoms with Gasteiger partial charge in [-0.2, -0.15) is 4.98 Å². The zero-order valence-electron chi connectivity index (χ0n) is 18.0. The minimum Gasteiger partial charge on any atom is -0.497 e. The Morgan fingerprint density at radius 2 is 1.91 bits per heavy atom. The first-order valence-electron chi connectivity index (χ1n) is 10.3. The molecule has 0 spiro atoms. The van der Waals surface area contributed by atoms with Gasteiger partial charge in [0.2, 0.25) is 11.7 Å². The molecule has 0 fully saturated rings. The summed E-state index contributed by atoms with van der Waals surface area (Å²) in [6.45, 7) is 2.56. The molecule has 166 valence electrons. The highest BCUT2D eigenvalue weighted by Gasteiger charge is 2.17. The van der Waals surface area contributed by atoms with Gasteiger partial charge < -0.3 is 14.0 Å². The predicted octanol–water partition coefficient (Wildman–Crippen LogP) is 4.63. The first-order valence-corrected chi connectivity index (χ1v) is 11.2. The molecule has 33 heavy (non-hydrogen) atoms. The van der Waals surface area contributed by atoms with Crippen molar-refractivity contribution in [3.8, 4) is 34.0 Å². The lowest BCUT2D eigenvalue weighted by atomic mass is 10.1. The number of thiophene rings is 1. The molecule has 3 aromatic heterocycles. The molecule has 0 N–H and O–H groups in total. The van der Waals surface area contributed by atoms with Gasteiger partial charge in [-0.3, -0.25) is 9.36 Å². The second-order valence-corrected chi connectivity index (χ2v) is 8.03. The van der Waals surface area contributed by atoms with Crippen molar-refractivity contribution in [3.63, 3.8) is 0 Å². The van der Waals surface area contributed by atoms with Crippen LogP contribution in [-0.2, 0) is 6.54 Å². The van der Waals surface area contributed by atoms with Crippen LogP contribution in [0.1, 0.15) is 12.8 Å². The van der Waals surface area contributed by atoms with E-state index in [0.717, 1.165) is 22.4 Å². The van der Waals surface area contributed by atoms with Crippen molar-refractivity contribution >= 4 is 21.6 Å². The molecule has 0 aliphatic heterocycles.